The van der Waals surface area contributed by atoms with Crippen LogP contribution in [0.3, 0.4) is 0 Å². The van der Waals surface area contributed by atoms with Gasteiger partial charge in [-0.2, -0.15) is 0 Å². The average Bonchev–Trinajstić information content (AvgIpc) is 2.36. The second-order valence-electron chi connectivity index (χ2n) is 4.49. The van der Waals surface area contributed by atoms with E-state index in [4.69, 9.17) is 0 Å². The summed E-state index contributed by atoms with van der Waals surface area (Å²) >= 11 is 0. The van der Waals surface area contributed by atoms with Gasteiger partial charge in [0, 0.05) is 19.5 Å². The van der Waals surface area contributed by atoms with E-state index in [2.05, 4.69) is 6.92 Å². The molecule has 0 aromatic heterocycles. The molecule has 0 atom stereocenters. The van der Waals surface area contributed by atoms with Crippen molar-refractivity contribution in [2.24, 2.45) is 0 Å². The maximum Gasteiger partial charge on any atom is 0.222 e. The first-order valence-electron chi connectivity index (χ1n) is 6.69. The third kappa shape index (κ3) is 4.86. The van der Waals surface area contributed by atoms with Gasteiger partial charge in [0.05, 0.1) is 0 Å². The molecule has 1 aromatic carbocycles. The van der Waals surface area contributed by atoms with Crippen LogP contribution < -0.4 is 0 Å². The van der Waals surface area contributed by atoms with Gasteiger partial charge in [0.25, 0.3) is 0 Å². The zero-order valence-electron chi connectivity index (χ0n) is 11.3. The van der Waals surface area contributed by atoms with Gasteiger partial charge < -0.3 is 4.90 Å². The van der Waals surface area contributed by atoms with Crippen molar-refractivity contribution in [1.82, 2.24) is 4.90 Å². The van der Waals surface area contributed by atoms with Gasteiger partial charge in [-0.1, -0.05) is 31.9 Å². The van der Waals surface area contributed by atoms with E-state index in [-0.39, 0.29) is 11.7 Å². The van der Waals surface area contributed by atoms with Gasteiger partial charge in [0.1, 0.15) is 5.82 Å². The molecule has 0 saturated heterocycles. The van der Waals surface area contributed by atoms with Gasteiger partial charge in [-0.15, -0.1) is 0 Å². The summed E-state index contributed by atoms with van der Waals surface area (Å²) in [6, 6.07) is 6.44. The summed E-state index contributed by atoms with van der Waals surface area (Å²) in [7, 11) is 0. The Balaban J connectivity index is 2.53. The van der Waals surface area contributed by atoms with E-state index in [9.17, 15) is 9.18 Å². The van der Waals surface area contributed by atoms with E-state index in [1.807, 2.05) is 13.0 Å². The van der Waals surface area contributed by atoms with Crippen LogP contribution in [0.15, 0.2) is 24.3 Å². The fraction of sp³-hybridized carbons (Fsp3) is 0.533. The summed E-state index contributed by atoms with van der Waals surface area (Å²) in [5, 5.41) is 0. The predicted octanol–water partition coefficient (Wildman–Crippen LogP) is 3.75. The lowest BCUT2D eigenvalue weighted by Crippen LogP contribution is -2.30. The number of carbonyl (C=O) groups is 1. The number of carbonyl (C=O) groups excluding carboxylic acids is 1. The lowest BCUT2D eigenvalue weighted by atomic mass is 10.1. The number of benzene rings is 1. The monoisotopic (exact) mass is 251 g/mol. The molecule has 0 fully saturated rings. The molecule has 100 valence electrons. The molecule has 1 aromatic rings. The summed E-state index contributed by atoms with van der Waals surface area (Å²) < 4.78 is 13.1. The Kier molecular flexibility index (Phi) is 6.40. The highest BCUT2D eigenvalue weighted by Crippen LogP contribution is 2.10. The van der Waals surface area contributed by atoms with Crippen LogP contribution in [-0.4, -0.2) is 17.4 Å². The Hall–Kier alpha value is -1.38. The maximum atomic E-state index is 13.1. The smallest absolute Gasteiger partial charge is 0.222 e. The van der Waals surface area contributed by atoms with Crippen molar-refractivity contribution in [3.8, 4) is 0 Å². The van der Waals surface area contributed by atoms with Gasteiger partial charge >= 0.3 is 0 Å². The summed E-state index contributed by atoms with van der Waals surface area (Å²) in [6.07, 6.45) is 3.73. The second-order valence-corrected chi connectivity index (χ2v) is 4.49. The Bertz CT molecular complexity index is 379. The molecule has 0 N–H and O–H groups in total. The van der Waals surface area contributed by atoms with Crippen molar-refractivity contribution in [2.75, 3.05) is 6.54 Å². The number of hydrogen-bond acceptors (Lipinski definition) is 1. The first-order valence-corrected chi connectivity index (χ1v) is 6.69. The topological polar surface area (TPSA) is 20.3 Å². The third-order valence-corrected chi connectivity index (χ3v) is 2.99. The molecule has 0 aliphatic rings. The number of nitrogens with zero attached hydrogens (tertiary/aromatic N) is 1. The average molecular weight is 251 g/mol. The van der Waals surface area contributed by atoms with Crippen molar-refractivity contribution >= 4 is 5.91 Å². The van der Waals surface area contributed by atoms with Gasteiger partial charge in [-0.05, 0) is 31.0 Å². The van der Waals surface area contributed by atoms with E-state index in [0.717, 1.165) is 24.8 Å². The highest BCUT2D eigenvalue weighted by molar-refractivity contribution is 5.76. The van der Waals surface area contributed by atoms with Crippen molar-refractivity contribution in [3.05, 3.63) is 35.6 Å². The molecule has 0 unspecified atom stereocenters. The van der Waals surface area contributed by atoms with E-state index < -0.39 is 0 Å². The number of hydrogen-bond donors (Lipinski definition) is 0. The van der Waals surface area contributed by atoms with Crippen LogP contribution in [0.25, 0.3) is 0 Å². The molecule has 2 nitrogen and oxygen atoms in total. The Labute approximate surface area is 109 Å². The van der Waals surface area contributed by atoms with Crippen molar-refractivity contribution in [1.29, 1.82) is 0 Å². The van der Waals surface area contributed by atoms with E-state index in [0.29, 0.717) is 19.5 Å². The van der Waals surface area contributed by atoms with Gasteiger partial charge in [0.15, 0.2) is 0 Å². The zero-order valence-corrected chi connectivity index (χ0v) is 11.3. The largest absolute Gasteiger partial charge is 0.339 e. The molecule has 0 saturated carbocycles. The van der Waals surface area contributed by atoms with Crippen LogP contribution in [0.5, 0.6) is 0 Å². The first kappa shape index (κ1) is 14.7. The molecule has 1 rings (SSSR count). The Morgan fingerprint density at radius 1 is 1.28 bits per heavy atom. The Morgan fingerprint density at radius 2 is 2.06 bits per heavy atom. The molecule has 0 bridgehead atoms. The highest BCUT2D eigenvalue weighted by atomic mass is 19.1. The molecule has 0 heterocycles. The standard InChI is InChI=1S/C15H22FNO/c1-3-5-6-10-15(18)17(4-2)12-13-8-7-9-14(16)11-13/h7-9,11H,3-6,10,12H2,1-2H3. The second kappa shape index (κ2) is 7.85. The third-order valence-electron chi connectivity index (χ3n) is 2.99. The molecular weight excluding hydrogens is 229 g/mol. The molecule has 18 heavy (non-hydrogen) atoms. The van der Waals surface area contributed by atoms with Gasteiger partial charge in [0.2, 0.25) is 5.91 Å². The first-order chi connectivity index (χ1) is 8.67. The lowest BCUT2D eigenvalue weighted by molar-refractivity contribution is -0.131. The van der Waals surface area contributed by atoms with Crippen molar-refractivity contribution < 1.29 is 9.18 Å². The number of amides is 1. The molecule has 1 amide bonds. The maximum absolute atomic E-state index is 13.1. The lowest BCUT2D eigenvalue weighted by Gasteiger charge is -2.21. The minimum absolute atomic E-state index is 0.162. The predicted molar refractivity (Wildman–Crippen MR) is 71.6 cm³/mol. The van der Waals surface area contributed by atoms with Crippen LogP contribution in [0.1, 0.15) is 45.1 Å². The summed E-state index contributed by atoms with van der Waals surface area (Å²) in [5.74, 6) is -0.0859. The van der Waals surface area contributed by atoms with E-state index in [1.54, 1.807) is 11.0 Å². The van der Waals surface area contributed by atoms with E-state index >= 15 is 0 Å². The van der Waals surface area contributed by atoms with E-state index in [1.165, 1.54) is 12.1 Å². The number of rotatable bonds is 7. The van der Waals surface area contributed by atoms with Crippen LogP contribution in [0.4, 0.5) is 4.39 Å². The quantitative estimate of drug-likeness (QED) is 0.676. The molecule has 3 heteroatoms. The molecule has 0 spiro atoms. The van der Waals surface area contributed by atoms with Crippen molar-refractivity contribution in [3.63, 3.8) is 0 Å². The molecule has 0 aliphatic heterocycles. The van der Waals surface area contributed by atoms with Gasteiger partial charge in [-0.3, -0.25) is 4.79 Å². The van der Waals surface area contributed by atoms with Crippen LogP contribution in [0, 0.1) is 5.82 Å². The normalized spacial score (nSPS) is 10.4. The minimum Gasteiger partial charge on any atom is -0.339 e. The zero-order chi connectivity index (χ0) is 13.4. The Morgan fingerprint density at radius 3 is 2.67 bits per heavy atom. The number of halogens is 1. The highest BCUT2D eigenvalue weighted by Gasteiger charge is 2.11. The minimum atomic E-state index is -0.248. The number of unbranched alkanes of at least 4 members (excludes halogenated alkanes) is 2. The fourth-order valence-corrected chi connectivity index (χ4v) is 1.92. The van der Waals surface area contributed by atoms with Crippen LogP contribution in [0.2, 0.25) is 0 Å². The molecular formula is C15H22FNO. The van der Waals surface area contributed by atoms with Crippen molar-refractivity contribution in [2.45, 2.75) is 46.1 Å². The summed E-state index contributed by atoms with van der Waals surface area (Å²) in [5.41, 5.74) is 0.848. The fourth-order valence-electron chi connectivity index (χ4n) is 1.92. The summed E-state index contributed by atoms with van der Waals surface area (Å²) in [4.78, 5) is 13.8. The van der Waals surface area contributed by atoms with Crippen LogP contribution >= 0.6 is 0 Å². The summed E-state index contributed by atoms with van der Waals surface area (Å²) in [6.45, 7) is 5.24. The van der Waals surface area contributed by atoms with Crippen LogP contribution in [-0.2, 0) is 11.3 Å². The molecule has 0 aliphatic carbocycles. The van der Waals surface area contributed by atoms with Gasteiger partial charge in [-0.25, -0.2) is 4.39 Å². The molecule has 0 radical (unpaired) electrons. The SMILES string of the molecule is CCCCCC(=O)N(CC)Cc1cccc(F)c1.